The van der Waals surface area contributed by atoms with E-state index in [2.05, 4.69) is 4.98 Å². The molecule has 10 heteroatoms. The highest BCUT2D eigenvalue weighted by molar-refractivity contribution is 7.82. The average molecular weight is 600 g/mol. The molecule has 3 aromatic carbocycles. The van der Waals surface area contributed by atoms with Crippen molar-refractivity contribution in [3.05, 3.63) is 112 Å². The van der Waals surface area contributed by atoms with E-state index in [1.165, 1.54) is 11.3 Å². The van der Waals surface area contributed by atoms with Crippen LogP contribution >= 0.6 is 11.3 Å². The maximum absolute atomic E-state index is 12.0. The first kappa shape index (κ1) is 28.0. The fraction of sp³-hybridized carbons (Fsp3) is 0.219. The number of aromatic nitrogens is 3. The Morgan fingerprint density at radius 2 is 1.90 bits per heavy atom. The van der Waals surface area contributed by atoms with Crippen molar-refractivity contribution in [3.8, 4) is 22.1 Å². The minimum absolute atomic E-state index is 0.00407. The van der Waals surface area contributed by atoms with E-state index < -0.39 is 17.0 Å². The number of rotatable bonds is 11. The molecule has 1 aliphatic rings. The van der Waals surface area contributed by atoms with Crippen LogP contribution in [0.4, 0.5) is 0 Å². The van der Waals surface area contributed by atoms with Gasteiger partial charge in [0.1, 0.15) is 12.4 Å². The van der Waals surface area contributed by atoms with Crippen LogP contribution in [0.15, 0.2) is 83.1 Å². The van der Waals surface area contributed by atoms with Crippen molar-refractivity contribution in [2.75, 3.05) is 0 Å². The van der Waals surface area contributed by atoms with Crippen LogP contribution in [-0.2, 0) is 34.6 Å². The Kier molecular flexibility index (Phi) is 8.01. The van der Waals surface area contributed by atoms with Gasteiger partial charge in [-0.3, -0.25) is 0 Å². The Hall–Kier alpha value is -4.12. The first-order chi connectivity index (χ1) is 20.4. The summed E-state index contributed by atoms with van der Waals surface area (Å²) in [5.74, 6) is 0.220. The molecule has 42 heavy (non-hydrogen) atoms. The number of carbonyl (C=O) groups is 1. The standard InChI is InChI=1S/C32H30N4O4S2/c1-20-14-23(12-13-29(20)42(33)39)15-26-28(16-21-10-11-21)36(32-34-27(19-41-32)31(37)38)35-30(26)24-8-5-9-25(17-24)40-18-22-6-3-2-4-7-22/h2-9,12-14,17,19,21H,10-11,15-16,18H2,1H3,(H2,33,39)(H,37,38)/p+1. The maximum atomic E-state index is 12.0. The molecule has 1 fully saturated rings. The van der Waals surface area contributed by atoms with E-state index in [0.29, 0.717) is 29.0 Å². The van der Waals surface area contributed by atoms with Crippen LogP contribution < -0.4 is 9.88 Å². The Bertz CT molecular complexity index is 1780. The number of nitrogens with two attached hydrogens (primary N) is 1. The van der Waals surface area contributed by atoms with Gasteiger partial charge in [-0.1, -0.05) is 58.8 Å². The van der Waals surface area contributed by atoms with E-state index in [1.807, 2.05) is 84.4 Å². The molecular weight excluding hydrogens is 569 g/mol. The molecule has 1 saturated carbocycles. The van der Waals surface area contributed by atoms with Crippen molar-refractivity contribution in [2.24, 2.45) is 11.1 Å². The fourth-order valence-corrected chi connectivity index (χ4v) is 6.49. The predicted octanol–water partition coefficient (Wildman–Crippen LogP) is 6.05. The van der Waals surface area contributed by atoms with Gasteiger partial charge >= 0.3 is 5.97 Å². The zero-order valence-electron chi connectivity index (χ0n) is 23.1. The quantitative estimate of drug-likeness (QED) is 0.141. The van der Waals surface area contributed by atoms with E-state index in [4.69, 9.17) is 15.0 Å². The number of hydrogen-bond acceptors (Lipinski definition) is 6. The molecule has 0 spiro atoms. The van der Waals surface area contributed by atoms with Crippen LogP contribution in [0, 0.1) is 12.8 Å². The number of hydrogen-bond donors (Lipinski definition) is 2. The number of ether oxygens (including phenoxy) is 1. The van der Waals surface area contributed by atoms with Crippen LogP contribution in [0.5, 0.6) is 5.75 Å². The van der Waals surface area contributed by atoms with Crippen LogP contribution in [0.3, 0.4) is 0 Å². The van der Waals surface area contributed by atoms with Gasteiger partial charge in [-0.25, -0.2) is 14.5 Å². The van der Waals surface area contributed by atoms with Gasteiger partial charge in [0, 0.05) is 28.5 Å². The fourth-order valence-electron chi connectivity index (χ4n) is 5.08. The second kappa shape index (κ2) is 12.0. The highest BCUT2D eigenvalue weighted by Gasteiger charge is 2.29. The Labute approximate surface area is 250 Å². The molecule has 0 radical (unpaired) electrons. The third-order valence-corrected chi connectivity index (χ3v) is 9.19. The normalized spacial score (nSPS) is 13.7. The summed E-state index contributed by atoms with van der Waals surface area (Å²) >= 11 is 1.27. The number of thiol groups is 1. The third kappa shape index (κ3) is 6.20. The molecule has 0 saturated heterocycles. The molecule has 8 nitrogen and oxygen atoms in total. The molecule has 6 rings (SSSR count). The predicted molar refractivity (Wildman–Crippen MR) is 165 cm³/mol. The summed E-state index contributed by atoms with van der Waals surface area (Å²) in [4.78, 5) is 16.7. The number of nitrogens with zero attached hydrogens (tertiary/aromatic N) is 3. The van der Waals surface area contributed by atoms with Gasteiger partial charge in [0.2, 0.25) is 5.13 Å². The first-order valence-electron chi connectivity index (χ1n) is 13.7. The van der Waals surface area contributed by atoms with Gasteiger partial charge in [0.25, 0.3) is 0 Å². The number of carboxylic acids is 1. The minimum Gasteiger partial charge on any atom is -0.489 e. The lowest BCUT2D eigenvalue weighted by atomic mass is 9.96. The summed E-state index contributed by atoms with van der Waals surface area (Å²) in [5.41, 5.74) is 6.80. The Morgan fingerprint density at radius 3 is 2.60 bits per heavy atom. The number of aryl methyl sites for hydroxylation is 1. The summed E-state index contributed by atoms with van der Waals surface area (Å²) < 4.78 is 20.0. The molecule has 2 heterocycles. The van der Waals surface area contributed by atoms with Crippen molar-refractivity contribution in [1.29, 1.82) is 0 Å². The number of benzene rings is 3. The highest BCUT2D eigenvalue weighted by atomic mass is 32.2. The number of carboxylic acid groups (broad SMARTS) is 1. The lowest BCUT2D eigenvalue weighted by Gasteiger charge is -2.11. The van der Waals surface area contributed by atoms with Crippen molar-refractivity contribution in [3.63, 3.8) is 0 Å². The molecule has 1 atom stereocenters. The number of aromatic carboxylic acids is 1. The monoisotopic (exact) mass is 599 g/mol. The molecular formula is C32H31N4O4S2+. The van der Waals surface area contributed by atoms with E-state index in [9.17, 15) is 14.1 Å². The van der Waals surface area contributed by atoms with Gasteiger partial charge < -0.3 is 9.84 Å². The second-order valence-electron chi connectivity index (χ2n) is 10.6. The molecule has 0 bridgehead atoms. The lowest BCUT2D eigenvalue weighted by molar-refractivity contribution is 0.0691. The summed E-state index contributed by atoms with van der Waals surface area (Å²) in [6, 6.07) is 23.8. The summed E-state index contributed by atoms with van der Waals surface area (Å²) in [6.45, 7) is 2.37. The van der Waals surface area contributed by atoms with Crippen LogP contribution in [0.25, 0.3) is 16.4 Å². The van der Waals surface area contributed by atoms with Gasteiger partial charge in [-0.05, 0) is 61.4 Å². The minimum atomic E-state index is -1.93. The summed E-state index contributed by atoms with van der Waals surface area (Å²) in [6.07, 6.45) is 3.71. The molecule has 214 valence electrons. The first-order valence-corrected chi connectivity index (χ1v) is 15.9. The van der Waals surface area contributed by atoms with Crippen molar-refractivity contribution < 1.29 is 18.8 Å². The zero-order valence-corrected chi connectivity index (χ0v) is 24.8. The Balaban J connectivity index is 1.44. The molecule has 2 aromatic heterocycles. The van der Waals surface area contributed by atoms with Crippen LogP contribution in [0.1, 0.15) is 51.3 Å². The largest absolute Gasteiger partial charge is 0.489 e. The molecule has 3 N–H and O–H groups in total. The zero-order chi connectivity index (χ0) is 29.2. The van der Waals surface area contributed by atoms with Gasteiger partial charge in [-0.2, -0.15) is 5.10 Å². The highest BCUT2D eigenvalue weighted by Crippen LogP contribution is 2.38. The Morgan fingerprint density at radius 1 is 1.10 bits per heavy atom. The number of thiazole rings is 1. The van der Waals surface area contributed by atoms with Crippen molar-refractivity contribution in [1.82, 2.24) is 14.8 Å². The molecule has 5 aromatic rings. The smallest absolute Gasteiger partial charge is 0.355 e. The lowest BCUT2D eigenvalue weighted by Crippen LogP contribution is -2.07. The topological polar surface area (TPSA) is 120 Å². The summed E-state index contributed by atoms with van der Waals surface area (Å²) in [7, 11) is -1.93. The molecule has 0 amide bonds. The molecule has 1 aliphatic carbocycles. The van der Waals surface area contributed by atoms with E-state index in [-0.39, 0.29) is 5.69 Å². The van der Waals surface area contributed by atoms with Gasteiger partial charge in [-0.15, -0.1) is 16.5 Å². The van der Waals surface area contributed by atoms with E-state index >= 15 is 0 Å². The third-order valence-electron chi connectivity index (χ3n) is 7.40. The summed E-state index contributed by atoms with van der Waals surface area (Å²) in [5, 5.41) is 22.4. The SMILES string of the molecule is Cc1cc(Cc2c(-c3cccc(OCc4ccccc4)c3)nn(-c3nc(C(=O)O)cs3)c2CC2CC2)ccc1[SH+](N)=O. The van der Waals surface area contributed by atoms with Crippen LogP contribution in [0.2, 0.25) is 0 Å². The van der Waals surface area contributed by atoms with E-state index in [1.54, 1.807) is 5.38 Å². The average Bonchev–Trinajstić information content (AvgIpc) is 3.54. The van der Waals surface area contributed by atoms with Crippen molar-refractivity contribution in [2.45, 2.75) is 44.1 Å². The second-order valence-corrected chi connectivity index (χ2v) is 12.5. The van der Waals surface area contributed by atoms with Crippen LogP contribution in [-0.4, -0.2) is 25.8 Å². The maximum Gasteiger partial charge on any atom is 0.355 e. The van der Waals surface area contributed by atoms with Crippen molar-refractivity contribution >= 4 is 28.3 Å². The van der Waals surface area contributed by atoms with Gasteiger partial charge in [0.15, 0.2) is 21.6 Å². The van der Waals surface area contributed by atoms with Gasteiger partial charge in [0.05, 0.1) is 11.4 Å². The van der Waals surface area contributed by atoms with E-state index in [0.717, 1.165) is 64.2 Å². The molecule has 0 aliphatic heterocycles. The molecule has 1 unspecified atom stereocenters.